The average molecular weight is 1620 g/mol. The summed E-state index contributed by atoms with van der Waals surface area (Å²) in [4.78, 5) is 61.6. The molecule has 12 aromatic rings. The molecule has 3 aromatic carbocycles. The number of aliphatic hydroxyl groups excluding tert-OH is 6. The Bertz CT molecular complexity index is 5360. The Morgan fingerprint density at radius 3 is 1.30 bits per heavy atom. The first kappa shape index (κ1) is 80.9. The fraction of sp³-hybridized carbons (Fsp3) is 0.578. The number of hydrogen-bond acceptors (Lipinski definition) is 23. The lowest BCUT2D eigenvalue weighted by molar-refractivity contribution is -0.0514. The van der Waals surface area contributed by atoms with Crippen molar-refractivity contribution < 1.29 is 35.4 Å². The van der Waals surface area contributed by atoms with Crippen LogP contribution in [0, 0.1) is 29.6 Å². The van der Waals surface area contributed by atoms with Crippen LogP contribution in [0.15, 0.2) is 104 Å². The highest BCUT2D eigenvalue weighted by Crippen LogP contribution is 2.48. The van der Waals surface area contributed by atoms with Gasteiger partial charge in [-0.15, -0.1) is 0 Å². The van der Waals surface area contributed by atoms with Gasteiger partial charge in [0.2, 0.25) is 0 Å². The summed E-state index contributed by atoms with van der Waals surface area (Å²) in [6.07, 6.45) is 25.3. The van der Waals surface area contributed by atoms with Crippen LogP contribution in [0.2, 0.25) is 0 Å². The maximum absolute atomic E-state index is 10.9. The minimum atomic E-state index is -1.10. The summed E-state index contributed by atoms with van der Waals surface area (Å²) in [5.41, 5.74) is 31.9. The summed E-state index contributed by atoms with van der Waals surface area (Å²) in [5, 5.41) is 66.7. The summed E-state index contributed by atoms with van der Waals surface area (Å²) < 4.78 is 11.7. The smallest absolute Gasteiger partial charge is 0.167 e. The predicted molar refractivity (Wildman–Crippen MR) is 460 cm³/mol. The number of rotatable bonds is 23. The number of aliphatic hydroxyl groups is 6. The van der Waals surface area contributed by atoms with Crippen LogP contribution in [0.4, 0.5) is 17.5 Å². The van der Waals surface area contributed by atoms with E-state index in [-0.39, 0.29) is 35.2 Å². The van der Waals surface area contributed by atoms with Gasteiger partial charge in [-0.25, -0.2) is 49.8 Å². The number of aromatic nitrogens is 16. The molecule has 1 aliphatic heterocycles. The van der Waals surface area contributed by atoms with E-state index in [0.29, 0.717) is 100 Å². The minimum Gasteiger partial charge on any atom is -0.390 e. The summed E-state index contributed by atoms with van der Waals surface area (Å²) in [7, 11) is 6.38. The van der Waals surface area contributed by atoms with Crippen LogP contribution in [0.3, 0.4) is 0 Å². The van der Waals surface area contributed by atoms with Gasteiger partial charge in [0.15, 0.2) is 17.7 Å². The van der Waals surface area contributed by atoms with E-state index in [1.807, 2.05) is 33.7 Å². The molecule has 20 rings (SSSR count). The van der Waals surface area contributed by atoms with Crippen molar-refractivity contribution in [3.8, 4) is 0 Å². The van der Waals surface area contributed by atoms with Crippen LogP contribution in [0.1, 0.15) is 196 Å². The summed E-state index contributed by atoms with van der Waals surface area (Å²) in [6, 6.07) is 24.8. The molecular weight excluding hydrogens is 1500 g/mol. The normalized spacial score (nSPS) is 29.0. The Morgan fingerprint density at radius 1 is 0.462 bits per heavy atom. The Kier molecular flexibility index (Phi) is 22.0. The van der Waals surface area contributed by atoms with Crippen molar-refractivity contribution in [3.05, 3.63) is 139 Å². The highest BCUT2D eigenvalue weighted by molar-refractivity contribution is 5.87. The second-order valence-electron chi connectivity index (χ2n) is 38.4. The van der Waals surface area contributed by atoms with E-state index in [1.54, 1.807) is 4.57 Å². The molecule has 9 aromatic heterocycles. The molecule has 7 aliphatic carbocycles. The molecule has 10 heterocycles. The van der Waals surface area contributed by atoms with Gasteiger partial charge in [0.25, 0.3) is 0 Å². The second kappa shape index (κ2) is 32.3. The van der Waals surface area contributed by atoms with Crippen LogP contribution in [-0.4, -0.2) is 225 Å². The number of ether oxygens (including phenoxy) is 1. The molecule has 12 atom stereocenters. The Hall–Kier alpha value is -9.14. The highest BCUT2D eigenvalue weighted by Gasteiger charge is 2.49. The number of likely N-dealkylation sites (N-methyl/N-ethyl adjacent to an activating group) is 1. The van der Waals surface area contributed by atoms with E-state index >= 15 is 0 Å². The molecule has 0 amide bonds. The van der Waals surface area contributed by atoms with Gasteiger partial charge in [-0.3, -0.25) is 4.57 Å². The van der Waals surface area contributed by atoms with Gasteiger partial charge in [0.05, 0.1) is 74.5 Å². The van der Waals surface area contributed by atoms with Crippen molar-refractivity contribution in [1.29, 1.82) is 0 Å². The van der Waals surface area contributed by atoms with Crippen LogP contribution < -0.4 is 17.2 Å². The Morgan fingerprint density at radius 2 is 0.874 bits per heavy atom. The first-order valence-electron chi connectivity index (χ1n) is 43.6. The number of nitrogens with zero attached hydrogens (tertiary/aromatic N) is 16. The lowest BCUT2D eigenvalue weighted by Crippen LogP contribution is -2.47. The molecule has 119 heavy (non-hydrogen) atoms. The number of nitrogen functional groups attached to an aromatic ring is 3. The molecule has 29 nitrogen and oxygen atoms in total. The summed E-state index contributed by atoms with van der Waals surface area (Å²) in [5.74, 6) is 6.42. The fourth-order valence-corrected chi connectivity index (χ4v) is 20.9. The summed E-state index contributed by atoms with van der Waals surface area (Å²) in [6.45, 7) is 13.5. The molecule has 8 fully saturated rings. The number of aryl methyl sites for hydroxylation is 3. The molecular formula is C90H120N22O7. The molecule has 0 unspecified atom stereocenters. The predicted octanol–water partition coefficient (Wildman–Crippen LogP) is 10.5. The van der Waals surface area contributed by atoms with Crippen molar-refractivity contribution >= 4 is 83.8 Å². The number of fused-ring (bicyclic) bond motifs is 6. The molecule has 0 bridgehead atoms. The highest BCUT2D eigenvalue weighted by atomic mass is 16.6. The third-order valence-electron chi connectivity index (χ3n) is 29.5. The van der Waals surface area contributed by atoms with E-state index < -0.39 is 49.0 Å². The maximum atomic E-state index is 10.9. The molecule has 29 heteroatoms. The molecule has 15 N–H and O–H groups in total. The topological polar surface area (TPSA) is 409 Å². The molecule has 0 spiro atoms. The first-order chi connectivity index (χ1) is 57.2. The zero-order chi connectivity index (χ0) is 82.7. The van der Waals surface area contributed by atoms with Gasteiger partial charge in [-0.2, -0.15) is 0 Å². The van der Waals surface area contributed by atoms with Crippen molar-refractivity contribution in [2.24, 2.45) is 29.6 Å². The maximum Gasteiger partial charge on any atom is 0.167 e. The van der Waals surface area contributed by atoms with E-state index in [4.69, 9.17) is 36.9 Å². The number of H-pyrrole nitrogens is 3. The van der Waals surface area contributed by atoms with Crippen LogP contribution in [0.25, 0.3) is 66.3 Å². The Balaban J connectivity index is 0.000000123. The largest absolute Gasteiger partial charge is 0.390 e. The van der Waals surface area contributed by atoms with E-state index in [0.717, 1.165) is 133 Å². The number of aromatic amines is 3. The van der Waals surface area contributed by atoms with Crippen LogP contribution in [-0.2, 0) is 40.2 Å². The Labute approximate surface area is 693 Å². The second-order valence-corrected chi connectivity index (χ2v) is 38.4. The van der Waals surface area contributed by atoms with E-state index in [2.05, 4.69) is 175 Å². The molecule has 0 radical (unpaired) electrons. The third-order valence-corrected chi connectivity index (χ3v) is 29.5. The minimum absolute atomic E-state index is 0.000720. The van der Waals surface area contributed by atoms with E-state index in [9.17, 15) is 30.6 Å². The van der Waals surface area contributed by atoms with Gasteiger partial charge in [0, 0.05) is 81.3 Å². The van der Waals surface area contributed by atoms with Crippen molar-refractivity contribution in [2.45, 2.75) is 258 Å². The van der Waals surface area contributed by atoms with Gasteiger partial charge in [-0.05, 0) is 217 Å². The average Bonchev–Trinajstić information content (AvgIpc) is 1.55. The summed E-state index contributed by atoms with van der Waals surface area (Å²) >= 11 is 0. The number of benzene rings is 3. The quantitative estimate of drug-likeness (QED) is 0.0283. The zero-order valence-corrected chi connectivity index (χ0v) is 69.9. The monoisotopic (exact) mass is 1620 g/mol. The molecule has 8 aliphatic rings. The van der Waals surface area contributed by atoms with Crippen LogP contribution in [0.5, 0.6) is 0 Å². The molecule has 7 saturated carbocycles. The SMILES string of the molecule is CN(C[C@H]1C[C@@H](n2ccc3c(N)ncnc32)[C@H](O)[C@@H]1O)C1CC(CCc2nc3ccc(C(C)(C)C)cc3[nH]2)C1.CN(C[C@H]1C[C@@H](n2ccc3c(N)ncnc32)[C@H](O)[C@@H]1O)C1CC(CCc2nc3ccc(C4(C)CCC4)cc3[nH]2)C1.CN(C[C@H]1O[C@@H](n2cnc3c(N)ncnc32)[C@H](O)[C@@H]1O)C1CC(CCc2nc3ccc(C4(C)CCC4)cc3[nH]2)C1. The molecule has 632 valence electrons. The van der Waals surface area contributed by atoms with Gasteiger partial charge < -0.3 is 91.4 Å². The number of anilines is 3. The number of nitrogens with two attached hydrogens (primary N) is 3. The van der Waals surface area contributed by atoms with Gasteiger partial charge in [-0.1, -0.05) is 65.7 Å². The lowest BCUT2D eigenvalue weighted by Gasteiger charge is -2.42. The number of hydrogen-bond donors (Lipinski definition) is 12. The van der Waals surface area contributed by atoms with Gasteiger partial charge in [0.1, 0.15) is 95.4 Å². The van der Waals surface area contributed by atoms with Crippen molar-refractivity contribution in [3.63, 3.8) is 0 Å². The van der Waals surface area contributed by atoms with E-state index in [1.165, 1.54) is 98.9 Å². The van der Waals surface area contributed by atoms with Crippen LogP contribution >= 0.6 is 0 Å². The lowest BCUT2D eigenvalue weighted by atomic mass is 9.66. The third kappa shape index (κ3) is 15.9. The number of imidazole rings is 4. The van der Waals surface area contributed by atoms with Crippen molar-refractivity contribution in [2.75, 3.05) is 58.0 Å². The number of nitrogens with one attached hydrogen (secondary N) is 3. The zero-order valence-electron chi connectivity index (χ0n) is 69.9. The molecule has 1 saturated heterocycles. The van der Waals surface area contributed by atoms with Gasteiger partial charge >= 0.3 is 0 Å². The fourth-order valence-electron chi connectivity index (χ4n) is 20.9. The first-order valence-corrected chi connectivity index (χ1v) is 43.6. The van der Waals surface area contributed by atoms with Crippen molar-refractivity contribution in [1.82, 2.24) is 93.2 Å². The standard InChI is InChI=1S/C31H41N7O2.C30H41N7O2.C29H38N8O3/c1-31(9-3-10-31)20-5-6-23-24(15-20)36-26(35-23)7-4-18-12-21(13-18)37(2)16-19-14-25(28(40)27(19)39)38-11-8-22-29(32)33-17-34-30(22)38;1-30(2,3)19-6-7-22-23(14-19)35-25(34-22)8-5-17-11-20(12-17)36(4)15-18-13-24(27(39)26(18)38)37-10-9-21-28(31)32-16-33-29(21)37;1-29(8-3-9-29)17-5-6-19-20(12-17)35-22(34-19)7-4-16-10-18(11-16)36(2)13-21-24(38)25(39)28(40-21)37-15-33-23-26(30)31-14-32-27(23)37/h5-6,8,11,15,17-19,21,25,27-28,39-40H,3-4,7,9-10,12-14,16H2,1-2H3,(H,35,36)(H2,32,33,34);6-7,9-10,14,16-18,20,24,26-27,38-39H,5,8,11-13,15H2,1-4H3,(H,34,35)(H2,31,32,33);5-6,12,14-16,18,21,24-25,28,38-39H,3-4,7-11,13H2,1-2H3,(H,34,35)(H2,30,31,32)/t18?,19-,21?,25-,27-,28+;17?,18-,20?,24-,26-,27+;16?,18?,21-,24-,25-,28-/m111/s1.